The molecule has 3 amide bonds. The monoisotopic (exact) mass is 377 g/mol. The highest BCUT2D eigenvalue weighted by atomic mass is 16.2. The van der Waals surface area contributed by atoms with Crippen LogP contribution in [0.1, 0.15) is 49.5 Å². The molecule has 0 aromatic heterocycles. The standard InChI is InChI=1S/C22H23N3O3/c1-24-21(27)18-8-7-16(13-19(18)22(24)28)20(26)23-17-9-11-25(12-10-17)14-15-5-3-2-4-6-15/h2-8,13,17H,9-12,14H2,1H3,(H,23,26). The number of benzene rings is 2. The number of piperidine rings is 1. The highest BCUT2D eigenvalue weighted by Crippen LogP contribution is 2.23. The zero-order valence-corrected chi connectivity index (χ0v) is 15.9. The zero-order valence-electron chi connectivity index (χ0n) is 15.9. The average Bonchev–Trinajstić information content (AvgIpc) is 2.94. The lowest BCUT2D eigenvalue weighted by atomic mass is 10.0. The molecule has 6 heteroatoms. The highest BCUT2D eigenvalue weighted by molar-refractivity contribution is 6.21. The second-order valence-corrected chi connectivity index (χ2v) is 7.44. The Morgan fingerprint density at radius 3 is 2.39 bits per heavy atom. The van der Waals surface area contributed by atoms with Crippen LogP contribution in [0.5, 0.6) is 0 Å². The first-order chi connectivity index (χ1) is 13.5. The lowest BCUT2D eigenvalue weighted by molar-refractivity contribution is 0.0693. The molecule has 2 aromatic carbocycles. The number of nitrogens with one attached hydrogen (secondary N) is 1. The van der Waals surface area contributed by atoms with Crippen LogP contribution in [-0.2, 0) is 6.54 Å². The van der Waals surface area contributed by atoms with Gasteiger partial charge in [0.05, 0.1) is 11.1 Å². The van der Waals surface area contributed by atoms with E-state index in [1.54, 1.807) is 12.1 Å². The van der Waals surface area contributed by atoms with Gasteiger partial charge in [-0.1, -0.05) is 30.3 Å². The first-order valence-electron chi connectivity index (χ1n) is 9.56. The summed E-state index contributed by atoms with van der Waals surface area (Å²) in [5, 5.41) is 3.07. The van der Waals surface area contributed by atoms with E-state index >= 15 is 0 Å². The molecule has 4 rings (SSSR count). The van der Waals surface area contributed by atoms with Gasteiger partial charge in [-0.05, 0) is 36.6 Å². The van der Waals surface area contributed by atoms with Crippen LogP contribution in [-0.4, -0.2) is 53.7 Å². The van der Waals surface area contributed by atoms with E-state index in [0.29, 0.717) is 16.7 Å². The van der Waals surface area contributed by atoms with Crippen molar-refractivity contribution in [1.82, 2.24) is 15.1 Å². The summed E-state index contributed by atoms with van der Waals surface area (Å²) in [6.45, 7) is 2.79. The van der Waals surface area contributed by atoms with Crippen LogP contribution in [0, 0.1) is 0 Å². The molecule has 0 unspecified atom stereocenters. The van der Waals surface area contributed by atoms with Crippen LogP contribution < -0.4 is 5.32 Å². The molecule has 2 aliphatic heterocycles. The van der Waals surface area contributed by atoms with Gasteiger partial charge in [0.2, 0.25) is 0 Å². The summed E-state index contributed by atoms with van der Waals surface area (Å²) in [6, 6.07) is 15.2. The fraction of sp³-hybridized carbons (Fsp3) is 0.318. The van der Waals surface area contributed by atoms with E-state index in [2.05, 4.69) is 34.5 Å². The zero-order chi connectivity index (χ0) is 19.7. The lowest BCUT2D eigenvalue weighted by Crippen LogP contribution is -2.44. The lowest BCUT2D eigenvalue weighted by Gasteiger charge is -2.32. The van der Waals surface area contributed by atoms with E-state index in [9.17, 15) is 14.4 Å². The first kappa shape index (κ1) is 18.4. The number of carbonyl (C=O) groups excluding carboxylic acids is 3. The summed E-state index contributed by atoms with van der Waals surface area (Å²) in [7, 11) is 1.45. The molecule has 0 radical (unpaired) electrons. The molecule has 0 atom stereocenters. The molecule has 1 saturated heterocycles. The summed E-state index contributed by atoms with van der Waals surface area (Å²) in [6.07, 6.45) is 1.79. The molecule has 0 saturated carbocycles. The predicted octanol–water partition coefficient (Wildman–Crippen LogP) is 2.31. The van der Waals surface area contributed by atoms with Crippen LogP contribution in [0.3, 0.4) is 0 Å². The number of imide groups is 1. The maximum atomic E-state index is 12.6. The molecule has 2 heterocycles. The predicted molar refractivity (Wildman–Crippen MR) is 105 cm³/mol. The van der Waals surface area contributed by atoms with Crippen LogP contribution >= 0.6 is 0 Å². The fourth-order valence-corrected chi connectivity index (χ4v) is 3.85. The first-order valence-corrected chi connectivity index (χ1v) is 9.56. The van der Waals surface area contributed by atoms with Crippen LogP contribution in [0.2, 0.25) is 0 Å². The molecule has 144 valence electrons. The number of likely N-dealkylation sites (tertiary alicyclic amines) is 1. The van der Waals surface area contributed by atoms with Gasteiger partial charge in [0, 0.05) is 38.3 Å². The van der Waals surface area contributed by atoms with Gasteiger partial charge in [-0.2, -0.15) is 0 Å². The molecule has 0 aliphatic carbocycles. The van der Waals surface area contributed by atoms with Crippen molar-refractivity contribution in [1.29, 1.82) is 0 Å². The van der Waals surface area contributed by atoms with Gasteiger partial charge in [0.1, 0.15) is 0 Å². The Labute approximate surface area is 164 Å². The quantitative estimate of drug-likeness (QED) is 0.830. The van der Waals surface area contributed by atoms with Gasteiger partial charge in [-0.3, -0.25) is 24.2 Å². The van der Waals surface area contributed by atoms with E-state index in [1.807, 2.05) is 6.07 Å². The summed E-state index contributed by atoms with van der Waals surface area (Å²) >= 11 is 0. The number of hydrogen-bond donors (Lipinski definition) is 1. The SMILES string of the molecule is CN1C(=O)c2ccc(C(=O)NC3CCN(Cc4ccccc4)CC3)cc2C1=O. The third-order valence-corrected chi connectivity index (χ3v) is 5.52. The highest BCUT2D eigenvalue weighted by Gasteiger charge is 2.33. The summed E-state index contributed by atoms with van der Waals surface area (Å²) in [5.41, 5.74) is 2.38. The van der Waals surface area contributed by atoms with Crippen molar-refractivity contribution in [2.75, 3.05) is 20.1 Å². The normalized spacial score (nSPS) is 17.7. The van der Waals surface area contributed by atoms with Crippen molar-refractivity contribution in [3.8, 4) is 0 Å². The van der Waals surface area contributed by atoms with Crippen molar-refractivity contribution in [2.45, 2.75) is 25.4 Å². The Kier molecular flexibility index (Phi) is 4.96. The van der Waals surface area contributed by atoms with Gasteiger partial charge in [0.15, 0.2) is 0 Å². The molecule has 6 nitrogen and oxygen atoms in total. The van der Waals surface area contributed by atoms with E-state index in [0.717, 1.165) is 37.4 Å². The van der Waals surface area contributed by atoms with Gasteiger partial charge in [0.25, 0.3) is 17.7 Å². The van der Waals surface area contributed by atoms with Crippen molar-refractivity contribution in [2.24, 2.45) is 0 Å². The largest absolute Gasteiger partial charge is 0.349 e. The number of fused-ring (bicyclic) bond motifs is 1. The number of amides is 3. The third kappa shape index (κ3) is 3.55. The maximum absolute atomic E-state index is 12.6. The molecule has 2 aliphatic rings. The molecule has 1 N–H and O–H groups in total. The Morgan fingerprint density at radius 2 is 1.68 bits per heavy atom. The molecule has 28 heavy (non-hydrogen) atoms. The average molecular weight is 377 g/mol. The molecule has 2 aromatic rings. The van der Waals surface area contributed by atoms with E-state index in [4.69, 9.17) is 0 Å². The molecule has 1 fully saturated rings. The van der Waals surface area contributed by atoms with Crippen LogP contribution in [0.15, 0.2) is 48.5 Å². The molecular formula is C22H23N3O3. The number of nitrogens with zero attached hydrogens (tertiary/aromatic N) is 2. The van der Waals surface area contributed by atoms with Crippen molar-refractivity contribution in [3.63, 3.8) is 0 Å². The van der Waals surface area contributed by atoms with Crippen LogP contribution in [0.4, 0.5) is 0 Å². The van der Waals surface area contributed by atoms with Crippen LogP contribution in [0.25, 0.3) is 0 Å². The Morgan fingerprint density at radius 1 is 1.00 bits per heavy atom. The Bertz CT molecular complexity index is 918. The van der Waals surface area contributed by atoms with Gasteiger partial charge in [-0.25, -0.2) is 0 Å². The Balaban J connectivity index is 1.34. The number of hydrogen-bond acceptors (Lipinski definition) is 4. The van der Waals surface area contributed by atoms with E-state index < -0.39 is 0 Å². The van der Waals surface area contributed by atoms with Crippen molar-refractivity contribution >= 4 is 17.7 Å². The summed E-state index contributed by atoms with van der Waals surface area (Å²) in [4.78, 5) is 40.2. The molecule has 0 bridgehead atoms. The number of carbonyl (C=O) groups is 3. The molecule has 0 spiro atoms. The topological polar surface area (TPSA) is 69.7 Å². The second kappa shape index (κ2) is 7.56. The minimum Gasteiger partial charge on any atom is -0.349 e. The van der Waals surface area contributed by atoms with E-state index in [1.165, 1.54) is 18.7 Å². The van der Waals surface area contributed by atoms with Crippen molar-refractivity contribution < 1.29 is 14.4 Å². The summed E-state index contributed by atoms with van der Waals surface area (Å²) < 4.78 is 0. The van der Waals surface area contributed by atoms with Crippen molar-refractivity contribution in [3.05, 3.63) is 70.8 Å². The van der Waals surface area contributed by atoms with Gasteiger partial charge in [-0.15, -0.1) is 0 Å². The minimum absolute atomic E-state index is 0.118. The van der Waals surface area contributed by atoms with E-state index in [-0.39, 0.29) is 23.8 Å². The van der Waals surface area contributed by atoms with Gasteiger partial charge < -0.3 is 5.32 Å². The maximum Gasteiger partial charge on any atom is 0.261 e. The third-order valence-electron chi connectivity index (χ3n) is 5.52. The molecular weight excluding hydrogens is 354 g/mol. The fourth-order valence-electron chi connectivity index (χ4n) is 3.85. The second-order valence-electron chi connectivity index (χ2n) is 7.44. The minimum atomic E-state index is -0.358. The Hall–Kier alpha value is -2.99. The summed E-state index contributed by atoms with van der Waals surface area (Å²) in [5.74, 6) is -0.874. The van der Waals surface area contributed by atoms with Gasteiger partial charge >= 0.3 is 0 Å². The number of rotatable bonds is 4. The smallest absolute Gasteiger partial charge is 0.261 e.